The molecule has 1 heterocycles. The van der Waals surface area contributed by atoms with Crippen molar-refractivity contribution in [1.29, 1.82) is 0 Å². The Morgan fingerprint density at radius 3 is 3.18 bits per heavy atom. The van der Waals surface area contributed by atoms with E-state index in [0.717, 1.165) is 4.47 Å². The third-order valence-corrected chi connectivity index (χ3v) is 1.62. The number of aromatic nitrogens is 1. The van der Waals surface area contributed by atoms with Crippen LogP contribution in [0.3, 0.4) is 0 Å². The maximum absolute atomic E-state index is 5.09. The van der Waals surface area contributed by atoms with Crippen molar-refractivity contribution >= 4 is 15.9 Å². The van der Waals surface area contributed by atoms with E-state index in [9.17, 15) is 0 Å². The molecule has 0 amide bonds. The number of pyridine rings is 1. The van der Waals surface area contributed by atoms with E-state index in [1.54, 1.807) is 6.20 Å². The quantitative estimate of drug-likeness (QED) is 0.698. The summed E-state index contributed by atoms with van der Waals surface area (Å²) >= 11 is 3.27. The molecule has 0 spiro atoms. The van der Waals surface area contributed by atoms with E-state index >= 15 is 0 Å². The van der Waals surface area contributed by atoms with Crippen LogP contribution in [0.4, 0.5) is 0 Å². The van der Waals surface area contributed by atoms with Crippen molar-refractivity contribution in [3.8, 4) is 18.2 Å². The van der Waals surface area contributed by atoms with Crippen LogP contribution in [-0.4, -0.2) is 11.6 Å². The molecule has 0 aliphatic heterocycles. The zero-order chi connectivity index (χ0) is 8.10. The molecule has 0 bridgehead atoms. The molecule has 1 aromatic heterocycles. The Bertz CT molecular complexity index is 280. The van der Waals surface area contributed by atoms with E-state index in [-0.39, 0.29) is 6.61 Å². The largest absolute Gasteiger partial charge is 0.464 e. The van der Waals surface area contributed by atoms with E-state index < -0.39 is 0 Å². The maximum atomic E-state index is 5.09. The first-order valence-electron chi connectivity index (χ1n) is 3.01. The summed E-state index contributed by atoms with van der Waals surface area (Å²) in [6, 6.07) is 3.66. The molecule has 11 heavy (non-hydrogen) atoms. The molecule has 0 aliphatic carbocycles. The molecule has 3 heteroatoms. The van der Waals surface area contributed by atoms with Gasteiger partial charge in [-0.05, 0) is 28.1 Å². The van der Waals surface area contributed by atoms with Crippen LogP contribution in [0, 0.1) is 12.3 Å². The van der Waals surface area contributed by atoms with Crippen molar-refractivity contribution in [3.63, 3.8) is 0 Å². The molecular formula is C8H6BrNO. The van der Waals surface area contributed by atoms with Gasteiger partial charge in [0.2, 0.25) is 5.88 Å². The van der Waals surface area contributed by atoms with Gasteiger partial charge in [-0.3, -0.25) is 0 Å². The van der Waals surface area contributed by atoms with Gasteiger partial charge in [0, 0.05) is 6.20 Å². The number of halogens is 1. The van der Waals surface area contributed by atoms with Crippen LogP contribution < -0.4 is 4.74 Å². The van der Waals surface area contributed by atoms with Crippen molar-refractivity contribution in [1.82, 2.24) is 4.98 Å². The number of ether oxygens (including phenoxy) is 1. The van der Waals surface area contributed by atoms with E-state index in [1.807, 2.05) is 12.1 Å². The van der Waals surface area contributed by atoms with Gasteiger partial charge in [0.25, 0.3) is 0 Å². The standard InChI is InChI=1S/C8H6BrNO/c1-2-6-11-8-7(9)4-3-5-10-8/h1,3-5H,6H2. The van der Waals surface area contributed by atoms with Gasteiger partial charge < -0.3 is 4.74 Å². The van der Waals surface area contributed by atoms with Gasteiger partial charge >= 0.3 is 0 Å². The Kier molecular flexibility index (Phi) is 2.94. The highest BCUT2D eigenvalue weighted by Gasteiger charge is 1.97. The molecule has 0 aliphatic rings. The summed E-state index contributed by atoms with van der Waals surface area (Å²) in [5.41, 5.74) is 0. The average Bonchev–Trinajstić information content (AvgIpc) is 2.03. The lowest BCUT2D eigenvalue weighted by molar-refractivity contribution is 0.353. The van der Waals surface area contributed by atoms with Crippen LogP contribution in [0.1, 0.15) is 0 Å². The lowest BCUT2D eigenvalue weighted by Gasteiger charge is -2.01. The molecule has 0 fully saturated rings. The van der Waals surface area contributed by atoms with Crippen LogP contribution in [0.5, 0.6) is 5.88 Å². The summed E-state index contributed by atoms with van der Waals surface area (Å²) in [6.07, 6.45) is 6.66. The molecule has 0 N–H and O–H groups in total. The molecule has 0 saturated heterocycles. The van der Waals surface area contributed by atoms with E-state index in [4.69, 9.17) is 11.2 Å². The minimum absolute atomic E-state index is 0.246. The van der Waals surface area contributed by atoms with E-state index in [1.165, 1.54) is 0 Å². The zero-order valence-electron chi connectivity index (χ0n) is 5.75. The fourth-order valence-electron chi connectivity index (χ4n) is 0.587. The first kappa shape index (κ1) is 8.09. The highest BCUT2D eigenvalue weighted by atomic mass is 79.9. The van der Waals surface area contributed by atoms with Crippen molar-refractivity contribution in [2.24, 2.45) is 0 Å². The smallest absolute Gasteiger partial charge is 0.228 e. The van der Waals surface area contributed by atoms with Crippen molar-refractivity contribution in [2.75, 3.05) is 6.61 Å². The summed E-state index contributed by atoms with van der Waals surface area (Å²) in [5.74, 6) is 2.89. The highest BCUT2D eigenvalue weighted by molar-refractivity contribution is 9.10. The summed E-state index contributed by atoms with van der Waals surface area (Å²) in [5, 5.41) is 0. The predicted octanol–water partition coefficient (Wildman–Crippen LogP) is 1.86. The second-order valence-corrected chi connectivity index (χ2v) is 2.64. The lowest BCUT2D eigenvalue weighted by Crippen LogP contribution is -1.95. The fourth-order valence-corrected chi connectivity index (χ4v) is 0.957. The van der Waals surface area contributed by atoms with Gasteiger partial charge in [-0.2, -0.15) is 0 Å². The second kappa shape index (κ2) is 3.99. The molecular weight excluding hydrogens is 206 g/mol. The molecule has 1 aromatic rings. The first-order valence-corrected chi connectivity index (χ1v) is 3.80. The second-order valence-electron chi connectivity index (χ2n) is 1.78. The van der Waals surface area contributed by atoms with Crippen LogP contribution in [-0.2, 0) is 0 Å². The molecule has 2 nitrogen and oxygen atoms in total. The molecule has 56 valence electrons. The minimum Gasteiger partial charge on any atom is -0.464 e. The molecule has 0 aromatic carbocycles. The summed E-state index contributed by atoms with van der Waals surface area (Å²) < 4.78 is 5.91. The highest BCUT2D eigenvalue weighted by Crippen LogP contribution is 2.20. The van der Waals surface area contributed by atoms with Gasteiger partial charge in [0.05, 0.1) is 4.47 Å². The number of hydrogen-bond acceptors (Lipinski definition) is 2. The van der Waals surface area contributed by atoms with Crippen molar-refractivity contribution in [3.05, 3.63) is 22.8 Å². The first-order chi connectivity index (χ1) is 5.34. The van der Waals surface area contributed by atoms with Crippen molar-refractivity contribution in [2.45, 2.75) is 0 Å². The Morgan fingerprint density at radius 2 is 2.55 bits per heavy atom. The number of rotatable bonds is 2. The van der Waals surface area contributed by atoms with Gasteiger partial charge in [-0.25, -0.2) is 4.98 Å². The molecule has 0 radical (unpaired) electrons. The summed E-state index contributed by atoms with van der Waals surface area (Å²) in [4.78, 5) is 3.95. The topological polar surface area (TPSA) is 22.1 Å². The molecule has 0 unspecified atom stereocenters. The lowest BCUT2D eigenvalue weighted by atomic mass is 10.5. The SMILES string of the molecule is C#CCOc1ncccc1Br. The third kappa shape index (κ3) is 2.24. The number of nitrogens with zero attached hydrogens (tertiary/aromatic N) is 1. The van der Waals surface area contributed by atoms with Crippen molar-refractivity contribution < 1.29 is 4.74 Å². The monoisotopic (exact) mass is 211 g/mol. The molecule has 0 atom stereocenters. The Morgan fingerprint density at radius 1 is 1.73 bits per heavy atom. The average molecular weight is 212 g/mol. The summed E-state index contributed by atoms with van der Waals surface area (Å²) in [7, 11) is 0. The van der Waals surface area contributed by atoms with E-state index in [0.29, 0.717) is 5.88 Å². The van der Waals surface area contributed by atoms with Crippen LogP contribution in [0.15, 0.2) is 22.8 Å². The number of hydrogen-bond donors (Lipinski definition) is 0. The van der Waals surface area contributed by atoms with Gasteiger partial charge in [-0.15, -0.1) is 6.42 Å². The van der Waals surface area contributed by atoms with Gasteiger partial charge in [-0.1, -0.05) is 5.92 Å². The Hall–Kier alpha value is -1.01. The fraction of sp³-hybridized carbons (Fsp3) is 0.125. The van der Waals surface area contributed by atoms with Gasteiger partial charge in [0.1, 0.15) is 0 Å². The Balaban J connectivity index is 2.71. The Labute approximate surface area is 73.7 Å². The summed E-state index contributed by atoms with van der Waals surface area (Å²) in [6.45, 7) is 0.246. The van der Waals surface area contributed by atoms with Crippen LogP contribution in [0.25, 0.3) is 0 Å². The van der Waals surface area contributed by atoms with Crippen LogP contribution in [0.2, 0.25) is 0 Å². The number of terminal acetylenes is 1. The van der Waals surface area contributed by atoms with Crippen LogP contribution >= 0.6 is 15.9 Å². The third-order valence-electron chi connectivity index (χ3n) is 1.02. The maximum Gasteiger partial charge on any atom is 0.228 e. The molecule has 0 saturated carbocycles. The minimum atomic E-state index is 0.246. The molecule has 1 rings (SSSR count). The van der Waals surface area contributed by atoms with E-state index in [2.05, 4.69) is 26.8 Å². The zero-order valence-corrected chi connectivity index (χ0v) is 7.34. The van der Waals surface area contributed by atoms with Gasteiger partial charge in [0.15, 0.2) is 6.61 Å². The normalized spacial score (nSPS) is 8.73. The predicted molar refractivity (Wildman–Crippen MR) is 46.3 cm³/mol.